The van der Waals surface area contributed by atoms with E-state index in [1.165, 1.54) is 19.3 Å². The number of rotatable bonds is 6. The molecule has 36 heavy (non-hydrogen) atoms. The Bertz CT molecular complexity index is 997. The first kappa shape index (κ1) is 23.3. The summed E-state index contributed by atoms with van der Waals surface area (Å²) in [6.07, 6.45) is 2.17. The molecule has 6 fully saturated rings. The molecule has 4 aliphatic carbocycles. The third kappa shape index (κ3) is 4.41. The SMILES string of the molecule is F[C@H]1[C@@H](OC23CC4CC(CC(C4)C2)C3)O[C@@H]2CO[C@@H](c3ccccc3)O[C@H]2[C@@H]1OCc1ccccc1. The first-order chi connectivity index (χ1) is 17.6. The van der Waals surface area contributed by atoms with E-state index in [9.17, 15) is 0 Å². The molecule has 2 saturated heterocycles. The van der Waals surface area contributed by atoms with Gasteiger partial charge in [-0.2, -0.15) is 0 Å². The first-order valence-corrected chi connectivity index (χ1v) is 13.6. The average molecular weight is 495 g/mol. The van der Waals surface area contributed by atoms with Crippen LogP contribution in [0.15, 0.2) is 60.7 Å². The molecule has 2 aromatic carbocycles. The Kier molecular flexibility index (Phi) is 6.14. The summed E-state index contributed by atoms with van der Waals surface area (Å²) in [5.41, 5.74) is 1.64. The van der Waals surface area contributed by atoms with Crippen molar-refractivity contribution in [3.05, 3.63) is 71.8 Å². The highest BCUT2D eigenvalue weighted by atomic mass is 19.1. The molecule has 8 rings (SSSR count). The topological polar surface area (TPSA) is 46.2 Å². The maximum absolute atomic E-state index is 16.3. The van der Waals surface area contributed by atoms with E-state index in [-0.39, 0.29) is 5.60 Å². The van der Waals surface area contributed by atoms with Gasteiger partial charge >= 0.3 is 0 Å². The van der Waals surface area contributed by atoms with Crippen molar-refractivity contribution in [3.63, 3.8) is 0 Å². The number of hydrogen-bond donors (Lipinski definition) is 0. The van der Waals surface area contributed by atoms with Gasteiger partial charge in [-0.15, -0.1) is 0 Å². The van der Waals surface area contributed by atoms with E-state index in [0.29, 0.717) is 31.0 Å². The minimum atomic E-state index is -1.45. The van der Waals surface area contributed by atoms with Crippen molar-refractivity contribution in [1.82, 2.24) is 0 Å². The van der Waals surface area contributed by atoms with Gasteiger partial charge in [0.15, 0.2) is 18.8 Å². The van der Waals surface area contributed by atoms with Crippen LogP contribution in [0.4, 0.5) is 4.39 Å². The van der Waals surface area contributed by atoms with E-state index in [2.05, 4.69) is 0 Å². The molecule has 5 nitrogen and oxygen atoms in total. The van der Waals surface area contributed by atoms with Gasteiger partial charge in [0.1, 0.15) is 18.3 Å². The van der Waals surface area contributed by atoms with Crippen LogP contribution >= 0.6 is 0 Å². The molecule has 0 radical (unpaired) electrons. The van der Waals surface area contributed by atoms with Crippen LogP contribution in [0.1, 0.15) is 55.9 Å². The lowest BCUT2D eigenvalue weighted by Crippen LogP contribution is -2.64. The maximum Gasteiger partial charge on any atom is 0.192 e. The molecule has 0 aromatic heterocycles. The summed E-state index contributed by atoms with van der Waals surface area (Å²) in [6.45, 7) is 0.613. The normalized spacial score (nSPS) is 43.3. The van der Waals surface area contributed by atoms with Crippen LogP contribution < -0.4 is 0 Å². The Morgan fingerprint density at radius 3 is 2.14 bits per heavy atom. The van der Waals surface area contributed by atoms with Gasteiger partial charge in [0.05, 0.1) is 18.8 Å². The van der Waals surface area contributed by atoms with E-state index in [1.54, 1.807) is 0 Å². The Labute approximate surface area is 212 Å². The van der Waals surface area contributed by atoms with Gasteiger partial charge in [-0.25, -0.2) is 4.39 Å². The number of halogens is 1. The molecule has 2 heterocycles. The second kappa shape index (κ2) is 9.48. The standard InChI is InChI=1S/C30H35FO5/c31-25-27(32-17-19-7-3-1-4-8-19)26-24(18-33-28(35-26)23-9-5-2-6-10-23)34-29(25)36-30-14-20-11-21(15-30)13-22(12-20)16-30/h1-10,20-22,24-29H,11-18H2/t20?,21?,22?,24-,25-,26-,27-,28-,29-,30?/m1/s1. The molecular formula is C30H35FO5. The monoisotopic (exact) mass is 494 g/mol. The largest absolute Gasteiger partial charge is 0.367 e. The highest BCUT2D eigenvalue weighted by Gasteiger charge is 2.57. The summed E-state index contributed by atoms with van der Waals surface area (Å²) < 4.78 is 47.9. The number of benzene rings is 2. The number of fused-ring (bicyclic) bond motifs is 1. The molecule has 4 saturated carbocycles. The Morgan fingerprint density at radius 2 is 1.47 bits per heavy atom. The van der Waals surface area contributed by atoms with Crippen molar-refractivity contribution in [2.24, 2.45) is 17.8 Å². The second-order valence-electron chi connectivity index (χ2n) is 11.6. The van der Waals surface area contributed by atoms with Gasteiger partial charge in [-0.05, 0) is 61.8 Å². The molecule has 0 spiro atoms. The van der Waals surface area contributed by atoms with E-state index in [4.69, 9.17) is 23.7 Å². The highest BCUT2D eigenvalue weighted by Crippen LogP contribution is 2.58. The molecule has 2 aliphatic heterocycles. The number of hydrogen-bond acceptors (Lipinski definition) is 5. The van der Waals surface area contributed by atoms with Crippen molar-refractivity contribution in [2.45, 2.75) is 87.8 Å². The summed E-state index contributed by atoms with van der Waals surface area (Å²) in [6, 6.07) is 19.6. The fourth-order valence-corrected chi connectivity index (χ4v) is 7.79. The molecule has 4 bridgehead atoms. The molecule has 6 aliphatic rings. The van der Waals surface area contributed by atoms with Gasteiger partial charge < -0.3 is 23.7 Å². The molecular weight excluding hydrogens is 459 g/mol. The molecule has 192 valence electrons. The smallest absolute Gasteiger partial charge is 0.192 e. The van der Waals surface area contributed by atoms with Gasteiger partial charge in [-0.1, -0.05) is 60.7 Å². The van der Waals surface area contributed by atoms with Crippen molar-refractivity contribution in [2.75, 3.05) is 6.61 Å². The van der Waals surface area contributed by atoms with Crippen LogP contribution in [0.25, 0.3) is 0 Å². The van der Waals surface area contributed by atoms with Crippen LogP contribution in [0.5, 0.6) is 0 Å². The summed E-state index contributed by atoms with van der Waals surface area (Å²) >= 11 is 0. The van der Waals surface area contributed by atoms with Crippen molar-refractivity contribution in [3.8, 4) is 0 Å². The second-order valence-corrected chi connectivity index (χ2v) is 11.6. The van der Waals surface area contributed by atoms with Crippen LogP contribution in [0, 0.1) is 17.8 Å². The predicted octanol–water partition coefficient (Wildman–Crippen LogP) is 5.73. The minimum Gasteiger partial charge on any atom is -0.367 e. The molecule has 0 N–H and O–H groups in total. The Morgan fingerprint density at radius 1 is 0.833 bits per heavy atom. The molecule has 0 unspecified atom stereocenters. The lowest BCUT2D eigenvalue weighted by atomic mass is 9.54. The summed E-state index contributed by atoms with van der Waals surface area (Å²) in [7, 11) is 0. The summed E-state index contributed by atoms with van der Waals surface area (Å²) in [5, 5.41) is 0. The lowest BCUT2D eigenvalue weighted by Gasteiger charge is -2.58. The summed E-state index contributed by atoms with van der Waals surface area (Å²) in [4.78, 5) is 0. The van der Waals surface area contributed by atoms with Crippen LogP contribution in [-0.2, 0) is 30.3 Å². The quantitative estimate of drug-likeness (QED) is 0.513. The number of alkyl halides is 1. The molecule has 2 aromatic rings. The highest BCUT2D eigenvalue weighted by molar-refractivity contribution is 5.17. The maximum atomic E-state index is 16.3. The van der Waals surface area contributed by atoms with E-state index in [1.807, 2.05) is 60.7 Å². The van der Waals surface area contributed by atoms with Crippen molar-refractivity contribution < 1.29 is 28.1 Å². The van der Waals surface area contributed by atoms with Crippen LogP contribution in [0.3, 0.4) is 0 Å². The van der Waals surface area contributed by atoms with Crippen LogP contribution in [-0.4, -0.2) is 43.0 Å². The van der Waals surface area contributed by atoms with Gasteiger partial charge in [0.2, 0.25) is 0 Å². The zero-order valence-corrected chi connectivity index (χ0v) is 20.5. The molecule has 0 amide bonds. The Hall–Kier alpha value is -1.83. The fourth-order valence-electron chi connectivity index (χ4n) is 7.79. The third-order valence-corrected chi connectivity index (χ3v) is 8.97. The molecule has 6 atom stereocenters. The van der Waals surface area contributed by atoms with E-state index >= 15 is 4.39 Å². The van der Waals surface area contributed by atoms with Crippen molar-refractivity contribution in [1.29, 1.82) is 0 Å². The van der Waals surface area contributed by atoms with E-state index in [0.717, 1.165) is 30.4 Å². The Balaban J connectivity index is 1.12. The van der Waals surface area contributed by atoms with E-state index < -0.39 is 37.1 Å². The number of ether oxygens (including phenoxy) is 5. The average Bonchev–Trinajstić information content (AvgIpc) is 2.89. The fraction of sp³-hybridized carbons (Fsp3) is 0.600. The zero-order valence-electron chi connectivity index (χ0n) is 20.5. The third-order valence-electron chi connectivity index (χ3n) is 8.97. The van der Waals surface area contributed by atoms with Crippen LogP contribution in [0.2, 0.25) is 0 Å². The minimum absolute atomic E-state index is 0.260. The lowest BCUT2D eigenvalue weighted by molar-refractivity contribution is -0.378. The first-order valence-electron chi connectivity index (χ1n) is 13.6. The predicted molar refractivity (Wildman–Crippen MR) is 131 cm³/mol. The van der Waals surface area contributed by atoms with Gasteiger partial charge in [0.25, 0.3) is 0 Å². The zero-order chi connectivity index (χ0) is 24.1. The molecule has 6 heteroatoms. The summed E-state index contributed by atoms with van der Waals surface area (Å²) in [5.74, 6) is 2.14. The van der Waals surface area contributed by atoms with Crippen molar-refractivity contribution >= 4 is 0 Å². The van der Waals surface area contributed by atoms with Gasteiger partial charge in [-0.3, -0.25) is 0 Å². The van der Waals surface area contributed by atoms with Gasteiger partial charge in [0, 0.05) is 5.56 Å².